The van der Waals surface area contributed by atoms with Crippen molar-refractivity contribution in [2.24, 2.45) is 0 Å². The molecule has 19 heavy (non-hydrogen) atoms. The van der Waals surface area contributed by atoms with Gasteiger partial charge in [0.15, 0.2) is 0 Å². The Morgan fingerprint density at radius 1 is 1.58 bits per heavy atom. The second-order valence-electron chi connectivity index (χ2n) is 4.15. The molecular weight excluding hydrogens is 250 g/mol. The van der Waals surface area contributed by atoms with E-state index in [0.717, 1.165) is 0 Å². The van der Waals surface area contributed by atoms with E-state index < -0.39 is 4.92 Å². The third-order valence-corrected chi connectivity index (χ3v) is 2.97. The number of nitro groups is 1. The lowest BCUT2D eigenvalue weighted by atomic mass is 10.1. The Kier molecular flexibility index (Phi) is 4.82. The van der Waals surface area contributed by atoms with Crippen LogP contribution in [0.2, 0.25) is 0 Å². The van der Waals surface area contributed by atoms with E-state index in [0.29, 0.717) is 0 Å². The molecule has 7 nitrogen and oxygen atoms in total. The van der Waals surface area contributed by atoms with Gasteiger partial charge in [-0.1, -0.05) is 6.07 Å². The Hall–Kier alpha value is -2.15. The van der Waals surface area contributed by atoms with E-state index in [9.17, 15) is 14.9 Å². The van der Waals surface area contributed by atoms with Gasteiger partial charge >= 0.3 is 0 Å². The normalized spacial score (nSPS) is 11.8. The molecule has 0 aliphatic heterocycles. The molecule has 1 aromatic rings. The minimum Gasteiger partial charge on any atom is -0.394 e. The number of carbonyl (C=O) groups excluding carboxylic acids is 1. The number of aliphatic hydroxyl groups excluding tert-OH is 1. The average molecular weight is 267 g/mol. The number of hydrogen-bond donors (Lipinski definition) is 2. The van der Waals surface area contributed by atoms with E-state index in [4.69, 9.17) is 5.11 Å². The van der Waals surface area contributed by atoms with Gasteiger partial charge in [-0.3, -0.25) is 14.9 Å². The minimum atomic E-state index is -0.544. The number of carbonyl (C=O) groups is 1. The van der Waals surface area contributed by atoms with Gasteiger partial charge in [-0.25, -0.2) is 0 Å². The molecule has 104 valence electrons. The number of aliphatic hydroxyl groups is 1. The smallest absolute Gasteiger partial charge is 0.293 e. The summed E-state index contributed by atoms with van der Waals surface area (Å²) in [6, 6.07) is 3.94. The summed E-state index contributed by atoms with van der Waals surface area (Å²) in [5.41, 5.74) is 0.229. The van der Waals surface area contributed by atoms with Crippen molar-refractivity contribution in [2.45, 2.75) is 13.0 Å². The molecule has 1 unspecified atom stereocenters. The van der Waals surface area contributed by atoms with Gasteiger partial charge in [0.05, 0.1) is 23.1 Å². The van der Waals surface area contributed by atoms with Crippen molar-refractivity contribution in [1.82, 2.24) is 4.90 Å². The zero-order valence-corrected chi connectivity index (χ0v) is 11.1. The van der Waals surface area contributed by atoms with Crippen molar-refractivity contribution in [1.29, 1.82) is 0 Å². The average Bonchev–Trinajstić information content (AvgIpc) is 2.43. The standard InChI is InChI=1S/C12H17N3O4/c1-8(7-16)14(3)12(17)9-5-4-6-10(15(18)19)11(9)13-2/h4-6,8,13,16H,7H2,1-3H3. The van der Waals surface area contributed by atoms with Crippen LogP contribution >= 0.6 is 0 Å². The first kappa shape index (κ1) is 14.9. The lowest BCUT2D eigenvalue weighted by Gasteiger charge is -2.24. The summed E-state index contributed by atoms with van der Waals surface area (Å²) >= 11 is 0. The SMILES string of the molecule is CNc1c(C(=O)N(C)C(C)CO)cccc1[N+](=O)[O-]. The minimum absolute atomic E-state index is 0.154. The predicted octanol–water partition coefficient (Wildman–Crippen LogP) is 1.09. The van der Waals surface area contributed by atoms with E-state index in [1.54, 1.807) is 14.0 Å². The number of amides is 1. The number of hydrogen-bond acceptors (Lipinski definition) is 5. The molecule has 0 saturated carbocycles. The van der Waals surface area contributed by atoms with Gasteiger partial charge in [-0.05, 0) is 13.0 Å². The first-order valence-electron chi connectivity index (χ1n) is 5.77. The zero-order valence-electron chi connectivity index (χ0n) is 11.1. The Bertz CT molecular complexity index is 490. The number of nitro benzene ring substituents is 1. The molecule has 2 N–H and O–H groups in total. The van der Waals surface area contributed by atoms with Crippen LogP contribution in [0.3, 0.4) is 0 Å². The third kappa shape index (κ3) is 3.00. The van der Waals surface area contributed by atoms with Crippen LogP contribution in [-0.4, -0.2) is 47.6 Å². The third-order valence-electron chi connectivity index (χ3n) is 2.97. The number of nitrogens with zero attached hydrogens (tertiary/aromatic N) is 2. The molecule has 1 rings (SSSR count). The van der Waals surface area contributed by atoms with E-state index in [1.807, 2.05) is 0 Å². The van der Waals surface area contributed by atoms with Crippen LogP contribution in [0.15, 0.2) is 18.2 Å². The second kappa shape index (κ2) is 6.14. The van der Waals surface area contributed by atoms with Crippen molar-refractivity contribution in [3.8, 4) is 0 Å². The summed E-state index contributed by atoms with van der Waals surface area (Å²) in [4.78, 5) is 24.0. The summed E-state index contributed by atoms with van der Waals surface area (Å²) in [6.45, 7) is 1.51. The van der Waals surface area contributed by atoms with E-state index in [-0.39, 0.29) is 35.5 Å². The fourth-order valence-electron chi connectivity index (χ4n) is 1.65. The highest BCUT2D eigenvalue weighted by atomic mass is 16.6. The second-order valence-corrected chi connectivity index (χ2v) is 4.15. The maximum absolute atomic E-state index is 12.3. The van der Waals surface area contributed by atoms with Crippen LogP contribution in [0.1, 0.15) is 17.3 Å². The van der Waals surface area contributed by atoms with Gasteiger partial charge in [0, 0.05) is 20.2 Å². The summed E-state index contributed by atoms with van der Waals surface area (Å²) in [6.07, 6.45) is 0. The first-order chi connectivity index (χ1) is 8.93. The molecule has 0 aliphatic rings. The largest absolute Gasteiger partial charge is 0.394 e. The summed E-state index contributed by atoms with van der Waals surface area (Å²) in [7, 11) is 3.07. The van der Waals surface area contributed by atoms with Crippen molar-refractivity contribution in [2.75, 3.05) is 26.0 Å². The molecule has 0 aromatic heterocycles. The monoisotopic (exact) mass is 267 g/mol. The molecule has 0 aliphatic carbocycles. The molecule has 1 amide bonds. The highest BCUT2D eigenvalue weighted by molar-refractivity contribution is 6.01. The van der Waals surface area contributed by atoms with Gasteiger partial charge in [0.2, 0.25) is 0 Å². The molecule has 0 radical (unpaired) electrons. The molecular formula is C12H17N3O4. The molecule has 7 heteroatoms. The summed E-state index contributed by atoms with van der Waals surface area (Å²) < 4.78 is 0. The number of benzene rings is 1. The summed E-state index contributed by atoms with van der Waals surface area (Å²) in [5, 5.41) is 22.7. The molecule has 0 bridgehead atoms. The van der Waals surface area contributed by atoms with Gasteiger partial charge in [-0.2, -0.15) is 0 Å². The highest BCUT2D eigenvalue weighted by Gasteiger charge is 2.24. The van der Waals surface area contributed by atoms with Crippen molar-refractivity contribution in [3.05, 3.63) is 33.9 Å². The topological polar surface area (TPSA) is 95.7 Å². The van der Waals surface area contributed by atoms with E-state index in [1.165, 1.54) is 30.1 Å². The lowest BCUT2D eigenvalue weighted by molar-refractivity contribution is -0.384. The first-order valence-corrected chi connectivity index (χ1v) is 5.77. The number of anilines is 1. The summed E-state index contributed by atoms with van der Waals surface area (Å²) in [5.74, 6) is -0.380. The molecule has 1 aromatic carbocycles. The number of nitrogens with one attached hydrogen (secondary N) is 1. The number of rotatable bonds is 5. The molecule has 0 heterocycles. The van der Waals surface area contributed by atoms with Gasteiger partial charge < -0.3 is 15.3 Å². The fourth-order valence-corrected chi connectivity index (χ4v) is 1.65. The molecule has 0 spiro atoms. The molecule has 0 fully saturated rings. The number of likely N-dealkylation sites (N-methyl/N-ethyl adjacent to an activating group) is 1. The van der Waals surface area contributed by atoms with E-state index in [2.05, 4.69) is 5.32 Å². The van der Waals surface area contributed by atoms with Crippen molar-refractivity contribution >= 4 is 17.3 Å². The van der Waals surface area contributed by atoms with Gasteiger partial charge in [0.25, 0.3) is 11.6 Å². The molecule has 0 saturated heterocycles. The fraction of sp³-hybridized carbons (Fsp3) is 0.417. The van der Waals surface area contributed by atoms with Crippen LogP contribution in [0.25, 0.3) is 0 Å². The van der Waals surface area contributed by atoms with Crippen LogP contribution in [-0.2, 0) is 0 Å². The van der Waals surface area contributed by atoms with Gasteiger partial charge in [0.1, 0.15) is 5.69 Å². The maximum atomic E-state index is 12.3. The van der Waals surface area contributed by atoms with Crippen LogP contribution in [0.4, 0.5) is 11.4 Å². The van der Waals surface area contributed by atoms with Crippen LogP contribution in [0.5, 0.6) is 0 Å². The Balaban J connectivity index is 3.24. The molecule has 1 atom stereocenters. The Morgan fingerprint density at radius 3 is 2.68 bits per heavy atom. The van der Waals surface area contributed by atoms with Crippen molar-refractivity contribution in [3.63, 3.8) is 0 Å². The highest BCUT2D eigenvalue weighted by Crippen LogP contribution is 2.28. The Labute approximate surface area is 111 Å². The zero-order chi connectivity index (χ0) is 14.6. The van der Waals surface area contributed by atoms with Crippen LogP contribution in [0, 0.1) is 10.1 Å². The number of para-hydroxylation sites is 1. The maximum Gasteiger partial charge on any atom is 0.293 e. The predicted molar refractivity (Wildman–Crippen MR) is 71.3 cm³/mol. The lowest BCUT2D eigenvalue weighted by Crippen LogP contribution is -2.37. The van der Waals surface area contributed by atoms with E-state index >= 15 is 0 Å². The van der Waals surface area contributed by atoms with Crippen LogP contribution < -0.4 is 5.32 Å². The quantitative estimate of drug-likeness (QED) is 0.615. The van der Waals surface area contributed by atoms with Crippen molar-refractivity contribution < 1.29 is 14.8 Å². The Morgan fingerprint density at radius 2 is 2.21 bits per heavy atom. The van der Waals surface area contributed by atoms with Gasteiger partial charge in [-0.15, -0.1) is 0 Å².